The van der Waals surface area contributed by atoms with E-state index < -0.39 is 11.9 Å². The van der Waals surface area contributed by atoms with Gasteiger partial charge in [-0.2, -0.15) is 0 Å². The average molecular weight is 467 g/mol. The van der Waals surface area contributed by atoms with E-state index in [1.165, 1.54) is 26.0 Å². The van der Waals surface area contributed by atoms with Crippen molar-refractivity contribution in [2.75, 3.05) is 14.2 Å². The molecule has 4 rings (SSSR count). The second-order valence-corrected chi connectivity index (χ2v) is 8.48. The van der Waals surface area contributed by atoms with E-state index in [9.17, 15) is 9.59 Å². The van der Waals surface area contributed by atoms with Gasteiger partial charge in [0.15, 0.2) is 0 Å². The molecule has 2 aromatic carbocycles. The number of pyridine rings is 1. The van der Waals surface area contributed by atoms with Gasteiger partial charge in [0.05, 0.1) is 19.7 Å². The number of benzene rings is 2. The van der Waals surface area contributed by atoms with Crippen LogP contribution in [0.4, 0.5) is 0 Å². The molecular formula is C24H19ClN2O4S. The molecule has 0 aliphatic carbocycles. The lowest BCUT2D eigenvalue weighted by molar-refractivity contribution is 0.0551. The van der Waals surface area contributed by atoms with Gasteiger partial charge in [-0.1, -0.05) is 41.1 Å². The van der Waals surface area contributed by atoms with E-state index in [0.717, 1.165) is 10.5 Å². The summed E-state index contributed by atoms with van der Waals surface area (Å²) in [5, 5.41) is 1.23. The molecule has 0 bridgehead atoms. The Morgan fingerprint density at radius 3 is 2.19 bits per heavy atom. The molecule has 2 heterocycles. The standard InChI is InChI=1S/C24H19ClN2O4S/c1-14-4-10-17(11-5-14)32-19-13-12-18-21(26-19)20(23(28)30-2)22(24(29)31-3)27(18)16-8-6-15(25)7-9-16/h4-13H,1-3H3. The van der Waals surface area contributed by atoms with Crippen molar-refractivity contribution in [3.8, 4) is 5.69 Å². The number of fused-ring (bicyclic) bond motifs is 1. The Hall–Kier alpha value is -3.29. The number of rotatable bonds is 5. The lowest BCUT2D eigenvalue weighted by Gasteiger charge is -2.10. The molecule has 0 N–H and O–H groups in total. The minimum atomic E-state index is -0.675. The third-order valence-corrected chi connectivity index (χ3v) is 6.08. The summed E-state index contributed by atoms with van der Waals surface area (Å²) in [5.74, 6) is -1.35. The average Bonchev–Trinajstić information content (AvgIpc) is 3.14. The van der Waals surface area contributed by atoms with Gasteiger partial charge in [-0.15, -0.1) is 0 Å². The third kappa shape index (κ3) is 4.09. The molecule has 0 saturated heterocycles. The largest absolute Gasteiger partial charge is 0.465 e. The molecule has 0 fully saturated rings. The van der Waals surface area contributed by atoms with Crippen molar-refractivity contribution in [3.05, 3.63) is 82.5 Å². The van der Waals surface area contributed by atoms with Crippen LogP contribution < -0.4 is 0 Å². The number of hydrogen-bond donors (Lipinski definition) is 0. The topological polar surface area (TPSA) is 70.4 Å². The van der Waals surface area contributed by atoms with Crippen LogP contribution in [0.15, 0.2) is 70.6 Å². The fraction of sp³-hybridized carbons (Fsp3) is 0.125. The number of hydrogen-bond acceptors (Lipinski definition) is 6. The predicted molar refractivity (Wildman–Crippen MR) is 124 cm³/mol. The lowest BCUT2D eigenvalue weighted by Crippen LogP contribution is -2.15. The highest BCUT2D eigenvalue weighted by molar-refractivity contribution is 7.99. The fourth-order valence-electron chi connectivity index (χ4n) is 3.37. The summed E-state index contributed by atoms with van der Waals surface area (Å²) in [6.07, 6.45) is 0. The molecule has 2 aromatic heterocycles. The van der Waals surface area contributed by atoms with Crippen LogP contribution in [-0.2, 0) is 9.47 Å². The van der Waals surface area contributed by atoms with E-state index in [2.05, 4.69) is 0 Å². The summed E-state index contributed by atoms with van der Waals surface area (Å²) in [6, 6.07) is 18.6. The van der Waals surface area contributed by atoms with E-state index >= 15 is 0 Å². The molecule has 0 radical (unpaired) electrons. The fourth-order valence-corrected chi connectivity index (χ4v) is 4.28. The Morgan fingerprint density at radius 2 is 1.56 bits per heavy atom. The minimum Gasteiger partial charge on any atom is -0.465 e. The van der Waals surface area contributed by atoms with Crippen molar-refractivity contribution in [1.29, 1.82) is 0 Å². The highest BCUT2D eigenvalue weighted by Gasteiger charge is 2.30. The Kier molecular flexibility index (Phi) is 6.21. The van der Waals surface area contributed by atoms with Gasteiger partial charge in [-0.3, -0.25) is 0 Å². The summed E-state index contributed by atoms with van der Waals surface area (Å²) in [6.45, 7) is 2.02. The maximum atomic E-state index is 12.8. The minimum absolute atomic E-state index is 0.0432. The number of carbonyl (C=O) groups excluding carboxylic acids is 2. The molecule has 0 saturated carbocycles. The molecule has 0 amide bonds. The van der Waals surface area contributed by atoms with Gasteiger partial charge in [0.1, 0.15) is 21.8 Å². The van der Waals surface area contributed by atoms with Gasteiger partial charge in [0, 0.05) is 15.6 Å². The molecular weight excluding hydrogens is 448 g/mol. The van der Waals surface area contributed by atoms with Crippen LogP contribution in [-0.4, -0.2) is 35.7 Å². The van der Waals surface area contributed by atoms with Crippen molar-refractivity contribution in [2.24, 2.45) is 0 Å². The zero-order valence-electron chi connectivity index (χ0n) is 17.6. The van der Waals surface area contributed by atoms with Crippen LogP contribution in [0.5, 0.6) is 0 Å². The molecule has 0 aliphatic rings. The molecule has 0 spiro atoms. The molecule has 0 aliphatic heterocycles. The van der Waals surface area contributed by atoms with Crippen molar-refractivity contribution >= 4 is 46.3 Å². The molecule has 0 unspecified atom stereocenters. The number of carbonyl (C=O) groups is 2. The summed E-state index contributed by atoms with van der Waals surface area (Å²) in [4.78, 5) is 31.3. The number of aryl methyl sites for hydroxylation is 1. The summed E-state index contributed by atoms with van der Waals surface area (Å²) in [7, 11) is 2.53. The van der Waals surface area contributed by atoms with Gasteiger partial charge in [-0.25, -0.2) is 14.6 Å². The maximum Gasteiger partial charge on any atom is 0.356 e. The van der Waals surface area contributed by atoms with Crippen LogP contribution >= 0.6 is 23.4 Å². The Bertz CT molecular complexity index is 1310. The van der Waals surface area contributed by atoms with Gasteiger partial charge < -0.3 is 14.0 Å². The molecule has 4 aromatic rings. The van der Waals surface area contributed by atoms with E-state index in [4.69, 9.17) is 26.1 Å². The monoisotopic (exact) mass is 466 g/mol. The summed E-state index contributed by atoms with van der Waals surface area (Å²) < 4.78 is 11.6. The molecule has 0 atom stereocenters. The smallest absolute Gasteiger partial charge is 0.356 e. The Balaban J connectivity index is 1.97. The lowest BCUT2D eigenvalue weighted by atomic mass is 10.2. The van der Waals surface area contributed by atoms with E-state index in [1.807, 2.05) is 43.3 Å². The Labute approximate surface area is 194 Å². The highest BCUT2D eigenvalue weighted by atomic mass is 35.5. The zero-order chi connectivity index (χ0) is 22.8. The first-order chi connectivity index (χ1) is 15.4. The molecule has 6 nitrogen and oxygen atoms in total. The van der Waals surface area contributed by atoms with Crippen molar-refractivity contribution in [2.45, 2.75) is 16.8 Å². The number of nitrogens with zero attached hydrogens (tertiary/aromatic N) is 2. The number of aromatic nitrogens is 2. The van der Waals surface area contributed by atoms with E-state index in [1.54, 1.807) is 28.8 Å². The van der Waals surface area contributed by atoms with Crippen LogP contribution in [0.1, 0.15) is 26.4 Å². The number of ether oxygens (including phenoxy) is 2. The zero-order valence-corrected chi connectivity index (χ0v) is 19.2. The van der Waals surface area contributed by atoms with E-state index in [-0.39, 0.29) is 11.3 Å². The third-order valence-electron chi connectivity index (χ3n) is 4.88. The van der Waals surface area contributed by atoms with Crippen molar-refractivity contribution in [1.82, 2.24) is 9.55 Å². The molecule has 32 heavy (non-hydrogen) atoms. The van der Waals surface area contributed by atoms with Crippen LogP contribution in [0.25, 0.3) is 16.7 Å². The molecule has 162 valence electrons. The molecule has 8 heteroatoms. The first-order valence-corrected chi connectivity index (χ1v) is 10.8. The second-order valence-electron chi connectivity index (χ2n) is 6.95. The van der Waals surface area contributed by atoms with Crippen LogP contribution in [0.3, 0.4) is 0 Å². The number of halogens is 1. The van der Waals surface area contributed by atoms with Crippen molar-refractivity contribution < 1.29 is 19.1 Å². The van der Waals surface area contributed by atoms with Gasteiger partial charge >= 0.3 is 11.9 Å². The van der Waals surface area contributed by atoms with Gasteiger partial charge in [0.2, 0.25) is 0 Å². The normalized spacial score (nSPS) is 10.9. The second kappa shape index (κ2) is 9.06. The summed E-state index contributed by atoms with van der Waals surface area (Å²) in [5.41, 5.74) is 2.81. The quantitative estimate of drug-likeness (QED) is 0.351. The highest BCUT2D eigenvalue weighted by Crippen LogP contribution is 2.34. The van der Waals surface area contributed by atoms with Crippen LogP contribution in [0, 0.1) is 6.92 Å². The van der Waals surface area contributed by atoms with Gasteiger partial charge in [-0.05, 0) is 55.5 Å². The van der Waals surface area contributed by atoms with Crippen LogP contribution in [0.2, 0.25) is 5.02 Å². The maximum absolute atomic E-state index is 12.8. The van der Waals surface area contributed by atoms with Gasteiger partial charge in [0.25, 0.3) is 0 Å². The van der Waals surface area contributed by atoms with E-state index in [0.29, 0.717) is 26.8 Å². The SMILES string of the molecule is COC(=O)c1c(C(=O)OC)n(-c2ccc(Cl)cc2)c2ccc(Sc3ccc(C)cc3)nc12. The van der Waals surface area contributed by atoms with Crippen molar-refractivity contribution in [3.63, 3.8) is 0 Å². The first kappa shape index (κ1) is 21.9. The number of methoxy groups -OCH3 is 2. The Morgan fingerprint density at radius 1 is 0.906 bits per heavy atom. The number of esters is 2. The predicted octanol–water partition coefficient (Wildman–Crippen LogP) is 5.71. The summed E-state index contributed by atoms with van der Waals surface area (Å²) >= 11 is 7.50. The first-order valence-electron chi connectivity index (χ1n) is 9.65.